The number of benzene rings is 1. The van der Waals surface area contributed by atoms with Crippen LogP contribution < -0.4 is 5.73 Å². The highest BCUT2D eigenvalue weighted by Crippen LogP contribution is 2.25. The van der Waals surface area contributed by atoms with E-state index in [2.05, 4.69) is 0 Å². The molecule has 0 bridgehead atoms. The third-order valence-corrected chi connectivity index (χ3v) is 5.38. The van der Waals surface area contributed by atoms with Crippen LogP contribution in [-0.2, 0) is 10.0 Å². The summed E-state index contributed by atoms with van der Waals surface area (Å²) in [4.78, 5) is -0.0949. The molecule has 0 aromatic heterocycles. The van der Waals surface area contributed by atoms with Gasteiger partial charge in [0.2, 0.25) is 10.0 Å². The van der Waals surface area contributed by atoms with Gasteiger partial charge < -0.3 is 5.73 Å². The molecule has 0 saturated heterocycles. The Morgan fingerprint density at radius 3 is 2.26 bits per heavy atom. The van der Waals surface area contributed by atoms with Gasteiger partial charge in [0.05, 0.1) is 4.90 Å². The van der Waals surface area contributed by atoms with Crippen LogP contribution in [0.15, 0.2) is 17.0 Å². The van der Waals surface area contributed by atoms with Crippen LogP contribution in [0.25, 0.3) is 0 Å². The number of halogens is 1. The molecule has 0 heterocycles. The van der Waals surface area contributed by atoms with Crippen LogP contribution in [0.3, 0.4) is 0 Å². The highest BCUT2D eigenvalue weighted by molar-refractivity contribution is 7.89. The molecule has 2 N–H and O–H groups in total. The zero-order valence-electron chi connectivity index (χ0n) is 11.8. The first-order chi connectivity index (χ1) is 8.75. The Labute approximate surface area is 114 Å². The van der Waals surface area contributed by atoms with Crippen LogP contribution in [0.1, 0.15) is 32.3 Å². The van der Waals surface area contributed by atoms with E-state index in [0.717, 1.165) is 6.07 Å². The molecule has 108 valence electrons. The van der Waals surface area contributed by atoms with E-state index in [-0.39, 0.29) is 22.2 Å². The topological polar surface area (TPSA) is 63.4 Å². The lowest BCUT2D eigenvalue weighted by molar-refractivity contribution is 0.349. The SMILES string of the molecule is CCC(CC)N(C)S(=O)(=O)c1cc(N)c(C)c(F)c1. The first kappa shape index (κ1) is 15.9. The Kier molecular flexibility index (Phi) is 4.92. The molecule has 0 amide bonds. The fourth-order valence-corrected chi connectivity index (χ4v) is 3.54. The van der Waals surface area contributed by atoms with Gasteiger partial charge in [0.25, 0.3) is 0 Å². The minimum atomic E-state index is -3.71. The molecule has 0 aliphatic carbocycles. The molecule has 0 radical (unpaired) electrons. The molecule has 6 heteroatoms. The van der Waals surface area contributed by atoms with Crippen molar-refractivity contribution in [2.75, 3.05) is 12.8 Å². The Hall–Kier alpha value is -1.14. The molecule has 0 aliphatic rings. The Balaban J connectivity index is 3.28. The molecular formula is C13H21FN2O2S. The van der Waals surface area contributed by atoms with Crippen molar-refractivity contribution >= 4 is 15.7 Å². The second-order valence-corrected chi connectivity index (χ2v) is 6.61. The smallest absolute Gasteiger partial charge is 0.243 e. The van der Waals surface area contributed by atoms with E-state index in [9.17, 15) is 12.8 Å². The van der Waals surface area contributed by atoms with Crippen LogP contribution >= 0.6 is 0 Å². The van der Waals surface area contributed by atoms with Crippen molar-refractivity contribution in [3.05, 3.63) is 23.5 Å². The molecule has 4 nitrogen and oxygen atoms in total. The third-order valence-electron chi connectivity index (χ3n) is 3.49. The lowest BCUT2D eigenvalue weighted by Gasteiger charge is -2.25. The fraction of sp³-hybridized carbons (Fsp3) is 0.538. The summed E-state index contributed by atoms with van der Waals surface area (Å²) in [5.74, 6) is -0.600. The summed E-state index contributed by atoms with van der Waals surface area (Å²) in [6.07, 6.45) is 1.41. The minimum Gasteiger partial charge on any atom is -0.398 e. The van der Waals surface area contributed by atoms with Gasteiger partial charge in [-0.25, -0.2) is 12.8 Å². The molecule has 1 rings (SSSR count). The lowest BCUT2D eigenvalue weighted by Crippen LogP contribution is -2.36. The van der Waals surface area contributed by atoms with Gasteiger partial charge in [0.1, 0.15) is 5.82 Å². The second kappa shape index (κ2) is 5.88. The second-order valence-electron chi connectivity index (χ2n) is 4.61. The van der Waals surface area contributed by atoms with E-state index in [4.69, 9.17) is 5.73 Å². The number of hydrogen-bond acceptors (Lipinski definition) is 3. The highest BCUT2D eigenvalue weighted by atomic mass is 32.2. The van der Waals surface area contributed by atoms with Gasteiger partial charge in [0, 0.05) is 24.3 Å². The average Bonchev–Trinajstić information content (AvgIpc) is 2.36. The van der Waals surface area contributed by atoms with Crippen LogP contribution in [0.5, 0.6) is 0 Å². The maximum absolute atomic E-state index is 13.6. The maximum atomic E-state index is 13.6. The summed E-state index contributed by atoms with van der Waals surface area (Å²) < 4.78 is 39.7. The van der Waals surface area contributed by atoms with Gasteiger partial charge in [0.15, 0.2) is 0 Å². The Morgan fingerprint density at radius 1 is 1.32 bits per heavy atom. The summed E-state index contributed by atoms with van der Waals surface area (Å²) in [5.41, 5.74) is 6.05. The normalized spacial score (nSPS) is 12.4. The molecule has 0 unspecified atom stereocenters. The number of nitrogens with two attached hydrogens (primary N) is 1. The van der Waals surface area contributed by atoms with Crippen molar-refractivity contribution in [3.8, 4) is 0 Å². The summed E-state index contributed by atoms with van der Waals surface area (Å²) in [6, 6.07) is 2.24. The number of nitrogens with zero attached hydrogens (tertiary/aromatic N) is 1. The summed E-state index contributed by atoms with van der Waals surface area (Å²) >= 11 is 0. The van der Waals surface area contributed by atoms with Crippen molar-refractivity contribution in [1.82, 2.24) is 4.31 Å². The van der Waals surface area contributed by atoms with Crippen molar-refractivity contribution in [1.29, 1.82) is 0 Å². The number of nitrogen functional groups attached to an aromatic ring is 1. The quantitative estimate of drug-likeness (QED) is 0.847. The lowest BCUT2D eigenvalue weighted by atomic mass is 10.2. The van der Waals surface area contributed by atoms with Crippen LogP contribution in [0.4, 0.5) is 10.1 Å². The summed E-state index contributed by atoms with van der Waals surface area (Å²) in [5, 5.41) is 0. The monoisotopic (exact) mass is 288 g/mol. The number of hydrogen-bond donors (Lipinski definition) is 1. The van der Waals surface area contributed by atoms with E-state index in [0.29, 0.717) is 12.8 Å². The highest BCUT2D eigenvalue weighted by Gasteiger charge is 2.27. The zero-order chi connectivity index (χ0) is 14.8. The van der Waals surface area contributed by atoms with E-state index < -0.39 is 15.8 Å². The summed E-state index contributed by atoms with van der Waals surface area (Å²) in [7, 11) is -2.20. The van der Waals surface area contributed by atoms with Crippen molar-refractivity contribution in [2.24, 2.45) is 0 Å². The fourth-order valence-electron chi connectivity index (χ4n) is 1.99. The van der Waals surface area contributed by atoms with Crippen molar-refractivity contribution in [3.63, 3.8) is 0 Å². The largest absolute Gasteiger partial charge is 0.398 e. The predicted octanol–water partition coefficient (Wildman–Crippen LogP) is 2.53. The van der Waals surface area contributed by atoms with Gasteiger partial charge in [-0.15, -0.1) is 0 Å². The third kappa shape index (κ3) is 3.06. The van der Waals surface area contributed by atoms with E-state index >= 15 is 0 Å². The first-order valence-electron chi connectivity index (χ1n) is 6.29. The van der Waals surface area contributed by atoms with Crippen LogP contribution in [0.2, 0.25) is 0 Å². The number of rotatable bonds is 5. The van der Waals surface area contributed by atoms with E-state index in [1.54, 1.807) is 0 Å². The van der Waals surface area contributed by atoms with Gasteiger partial charge in [-0.2, -0.15) is 4.31 Å². The summed E-state index contributed by atoms with van der Waals surface area (Å²) in [6.45, 7) is 5.36. The van der Waals surface area contributed by atoms with E-state index in [1.165, 1.54) is 24.3 Å². The van der Waals surface area contributed by atoms with Gasteiger partial charge in [-0.05, 0) is 31.9 Å². The predicted molar refractivity (Wildman–Crippen MR) is 74.9 cm³/mol. The molecule has 0 fully saturated rings. The number of sulfonamides is 1. The van der Waals surface area contributed by atoms with Crippen molar-refractivity contribution in [2.45, 2.75) is 44.6 Å². The number of anilines is 1. The molecule has 1 aromatic carbocycles. The van der Waals surface area contributed by atoms with Gasteiger partial charge in [-0.1, -0.05) is 13.8 Å². The first-order valence-corrected chi connectivity index (χ1v) is 7.73. The van der Waals surface area contributed by atoms with E-state index in [1.807, 2.05) is 13.8 Å². The van der Waals surface area contributed by atoms with Crippen LogP contribution in [-0.4, -0.2) is 25.8 Å². The molecular weight excluding hydrogens is 267 g/mol. The molecule has 0 spiro atoms. The molecule has 0 aliphatic heterocycles. The average molecular weight is 288 g/mol. The Bertz CT molecular complexity index is 531. The molecule has 19 heavy (non-hydrogen) atoms. The van der Waals surface area contributed by atoms with Crippen LogP contribution in [0, 0.1) is 12.7 Å². The zero-order valence-corrected chi connectivity index (χ0v) is 12.6. The van der Waals surface area contributed by atoms with Gasteiger partial charge >= 0.3 is 0 Å². The molecule has 0 saturated carbocycles. The Morgan fingerprint density at radius 2 is 1.84 bits per heavy atom. The van der Waals surface area contributed by atoms with Crippen molar-refractivity contribution < 1.29 is 12.8 Å². The minimum absolute atomic E-state index is 0.0949. The maximum Gasteiger partial charge on any atom is 0.243 e. The molecule has 1 aromatic rings. The molecule has 0 atom stereocenters. The standard InChI is InChI=1S/C13H21FN2O2S/c1-5-10(6-2)16(4)19(17,18)11-7-12(14)9(3)13(15)8-11/h7-8,10H,5-6,15H2,1-4H3. The van der Waals surface area contributed by atoms with Gasteiger partial charge in [-0.3, -0.25) is 0 Å².